The van der Waals surface area contributed by atoms with Crippen LogP contribution in [-0.2, 0) is 11.2 Å². The Morgan fingerprint density at radius 2 is 1.92 bits per heavy atom. The zero-order chi connectivity index (χ0) is 16.9. The second kappa shape index (κ2) is 7.66. The van der Waals surface area contributed by atoms with Crippen LogP contribution in [0.25, 0.3) is 11.0 Å². The number of H-pyrrole nitrogens is 2. The number of aromatic nitrogens is 2. The zero-order valence-corrected chi connectivity index (χ0v) is 13.8. The predicted molar refractivity (Wildman–Crippen MR) is 92.8 cm³/mol. The number of hydrogen-bond acceptors (Lipinski definition) is 3. The van der Waals surface area contributed by atoms with Crippen LogP contribution in [0, 0.1) is 5.92 Å². The lowest BCUT2D eigenvalue weighted by molar-refractivity contribution is -0.122. The van der Waals surface area contributed by atoms with E-state index in [0.29, 0.717) is 12.3 Å². The van der Waals surface area contributed by atoms with Crippen LogP contribution in [0.15, 0.2) is 23.0 Å². The Morgan fingerprint density at radius 3 is 2.67 bits per heavy atom. The summed E-state index contributed by atoms with van der Waals surface area (Å²) in [5.41, 5.74) is 2.54. The predicted octanol–water partition coefficient (Wildman–Crippen LogP) is 1.85. The SMILES string of the molecule is O=C(CCCc1ccc2[nH]c(=O)[nH]c2c1)NC1CCC(CO)CC1. The molecule has 1 heterocycles. The third-order valence-corrected chi connectivity index (χ3v) is 4.92. The van der Waals surface area contributed by atoms with Crippen molar-refractivity contribution in [2.24, 2.45) is 5.92 Å². The van der Waals surface area contributed by atoms with Crippen molar-refractivity contribution in [2.75, 3.05) is 6.61 Å². The molecule has 0 spiro atoms. The van der Waals surface area contributed by atoms with Gasteiger partial charge in [0.05, 0.1) is 11.0 Å². The van der Waals surface area contributed by atoms with E-state index in [2.05, 4.69) is 15.3 Å². The minimum absolute atomic E-state index is 0.110. The van der Waals surface area contributed by atoms with Crippen molar-refractivity contribution in [3.63, 3.8) is 0 Å². The molecule has 1 fully saturated rings. The standard InChI is InChI=1S/C18H25N3O3/c22-11-13-4-7-14(8-5-13)19-17(23)3-1-2-12-6-9-15-16(10-12)21-18(24)20-15/h6,9-10,13-14,22H,1-5,7-8,11H2,(H,19,23)(H2,20,21,24). The van der Waals surface area contributed by atoms with Gasteiger partial charge in [-0.1, -0.05) is 6.07 Å². The Labute approximate surface area is 140 Å². The molecule has 0 radical (unpaired) electrons. The molecule has 0 aliphatic heterocycles. The molecule has 6 nitrogen and oxygen atoms in total. The Hall–Kier alpha value is -2.08. The van der Waals surface area contributed by atoms with E-state index in [1.165, 1.54) is 0 Å². The van der Waals surface area contributed by atoms with E-state index in [1.54, 1.807) is 0 Å². The molecule has 0 saturated heterocycles. The van der Waals surface area contributed by atoms with Crippen molar-refractivity contribution < 1.29 is 9.90 Å². The second-order valence-electron chi connectivity index (χ2n) is 6.78. The van der Waals surface area contributed by atoms with E-state index < -0.39 is 0 Å². The molecule has 2 aromatic rings. The molecular weight excluding hydrogens is 306 g/mol. The molecule has 4 N–H and O–H groups in total. The van der Waals surface area contributed by atoms with Crippen LogP contribution in [0.4, 0.5) is 0 Å². The van der Waals surface area contributed by atoms with E-state index >= 15 is 0 Å². The number of nitrogens with one attached hydrogen (secondary N) is 3. The normalized spacial score (nSPS) is 21.0. The van der Waals surface area contributed by atoms with Gasteiger partial charge in [0.2, 0.25) is 5.91 Å². The van der Waals surface area contributed by atoms with E-state index in [4.69, 9.17) is 5.11 Å². The zero-order valence-electron chi connectivity index (χ0n) is 13.8. The van der Waals surface area contributed by atoms with Gasteiger partial charge in [0, 0.05) is 19.1 Å². The molecule has 24 heavy (non-hydrogen) atoms. The maximum Gasteiger partial charge on any atom is 0.323 e. The summed E-state index contributed by atoms with van der Waals surface area (Å²) in [5, 5.41) is 12.3. The number of aliphatic hydroxyl groups excluding tert-OH is 1. The summed E-state index contributed by atoms with van der Waals surface area (Å²) in [5.74, 6) is 0.520. The van der Waals surface area contributed by atoms with Gasteiger partial charge in [-0.3, -0.25) is 4.79 Å². The summed E-state index contributed by atoms with van der Waals surface area (Å²) >= 11 is 0. The fourth-order valence-corrected chi connectivity index (χ4v) is 3.48. The first-order valence-electron chi connectivity index (χ1n) is 8.75. The van der Waals surface area contributed by atoms with Gasteiger partial charge in [-0.25, -0.2) is 4.79 Å². The number of aliphatic hydroxyl groups is 1. The highest BCUT2D eigenvalue weighted by Crippen LogP contribution is 2.23. The van der Waals surface area contributed by atoms with Crippen molar-refractivity contribution in [1.29, 1.82) is 0 Å². The Morgan fingerprint density at radius 1 is 1.17 bits per heavy atom. The maximum atomic E-state index is 12.1. The minimum atomic E-state index is -0.197. The highest BCUT2D eigenvalue weighted by Gasteiger charge is 2.21. The van der Waals surface area contributed by atoms with E-state index in [1.807, 2.05) is 18.2 Å². The van der Waals surface area contributed by atoms with E-state index in [9.17, 15) is 9.59 Å². The highest BCUT2D eigenvalue weighted by molar-refractivity contribution is 5.76. The van der Waals surface area contributed by atoms with Crippen molar-refractivity contribution in [2.45, 2.75) is 51.0 Å². The molecule has 0 bridgehead atoms. The third-order valence-electron chi connectivity index (χ3n) is 4.92. The van der Waals surface area contributed by atoms with Crippen LogP contribution >= 0.6 is 0 Å². The van der Waals surface area contributed by atoms with Gasteiger partial charge < -0.3 is 20.4 Å². The second-order valence-corrected chi connectivity index (χ2v) is 6.78. The van der Waals surface area contributed by atoms with Crippen LogP contribution in [0.5, 0.6) is 0 Å². The minimum Gasteiger partial charge on any atom is -0.396 e. The molecule has 6 heteroatoms. The first-order valence-corrected chi connectivity index (χ1v) is 8.75. The molecule has 1 aliphatic carbocycles. The van der Waals surface area contributed by atoms with Crippen LogP contribution in [0.2, 0.25) is 0 Å². The summed E-state index contributed by atoms with van der Waals surface area (Å²) in [6, 6.07) is 6.10. The van der Waals surface area contributed by atoms with Gasteiger partial charge in [0.15, 0.2) is 0 Å². The molecule has 1 aliphatic rings. The van der Waals surface area contributed by atoms with Gasteiger partial charge >= 0.3 is 5.69 Å². The van der Waals surface area contributed by atoms with Crippen LogP contribution in [0.3, 0.4) is 0 Å². The first-order chi connectivity index (χ1) is 11.6. The molecule has 1 saturated carbocycles. The van der Waals surface area contributed by atoms with E-state index in [0.717, 1.165) is 55.1 Å². The monoisotopic (exact) mass is 331 g/mol. The Balaban J connectivity index is 1.42. The lowest BCUT2D eigenvalue weighted by Gasteiger charge is -2.27. The molecular formula is C18H25N3O3. The fourth-order valence-electron chi connectivity index (χ4n) is 3.48. The average molecular weight is 331 g/mol. The van der Waals surface area contributed by atoms with Crippen LogP contribution in [-0.4, -0.2) is 33.6 Å². The number of aromatic amines is 2. The van der Waals surface area contributed by atoms with E-state index in [-0.39, 0.29) is 24.2 Å². The van der Waals surface area contributed by atoms with Gasteiger partial charge in [-0.05, 0) is 62.1 Å². The topological polar surface area (TPSA) is 98.0 Å². The molecule has 1 amide bonds. The number of fused-ring (bicyclic) bond motifs is 1. The highest BCUT2D eigenvalue weighted by atomic mass is 16.3. The lowest BCUT2D eigenvalue weighted by atomic mass is 9.86. The van der Waals surface area contributed by atoms with Gasteiger partial charge in [-0.2, -0.15) is 0 Å². The number of benzene rings is 1. The molecule has 1 aromatic heterocycles. The number of aryl methyl sites for hydroxylation is 1. The van der Waals surface area contributed by atoms with Crippen molar-refractivity contribution >= 4 is 16.9 Å². The maximum absolute atomic E-state index is 12.1. The first kappa shape index (κ1) is 16.8. The van der Waals surface area contributed by atoms with Crippen molar-refractivity contribution in [3.05, 3.63) is 34.2 Å². The summed E-state index contributed by atoms with van der Waals surface area (Å²) in [4.78, 5) is 28.8. The van der Waals surface area contributed by atoms with Gasteiger partial charge in [0.1, 0.15) is 0 Å². The Kier molecular flexibility index (Phi) is 5.35. The molecule has 0 unspecified atom stereocenters. The number of carbonyl (C=O) groups excluding carboxylic acids is 1. The fraction of sp³-hybridized carbons (Fsp3) is 0.556. The number of hydrogen-bond donors (Lipinski definition) is 4. The molecule has 1 aromatic carbocycles. The molecule has 0 atom stereocenters. The summed E-state index contributed by atoms with van der Waals surface area (Å²) < 4.78 is 0. The Bertz CT molecular complexity index is 741. The van der Waals surface area contributed by atoms with Crippen LogP contribution < -0.4 is 11.0 Å². The average Bonchev–Trinajstić information content (AvgIpc) is 2.95. The summed E-state index contributed by atoms with van der Waals surface area (Å²) in [6.07, 6.45) is 6.04. The van der Waals surface area contributed by atoms with Crippen molar-refractivity contribution in [3.8, 4) is 0 Å². The smallest absolute Gasteiger partial charge is 0.323 e. The quantitative estimate of drug-likeness (QED) is 0.650. The summed E-state index contributed by atoms with van der Waals surface area (Å²) in [6.45, 7) is 0.261. The number of rotatable bonds is 6. The number of imidazole rings is 1. The molecule has 130 valence electrons. The lowest BCUT2D eigenvalue weighted by Crippen LogP contribution is -2.38. The van der Waals surface area contributed by atoms with Crippen molar-refractivity contribution in [1.82, 2.24) is 15.3 Å². The van der Waals surface area contributed by atoms with Gasteiger partial charge in [0.25, 0.3) is 0 Å². The number of carbonyl (C=O) groups is 1. The largest absolute Gasteiger partial charge is 0.396 e. The van der Waals surface area contributed by atoms with Gasteiger partial charge in [-0.15, -0.1) is 0 Å². The number of amides is 1. The summed E-state index contributed by atoms with van der Waals surface area (Å²) in [7, 11) is 0. The van der Waals surface area contributed by atoms with Crippen LogP contribution in [0.1, 0.15) is 44.1 Å². The molecule has 3 rings (SSSR count). The third kappa shape index (κ3) is 4.26.